The summed E-state index contributed by atoms with van der Waals surface area (Å²) in [4.78, 5) is 16.0. The molecule has 0 aliphatic carbocycles. The lowest BCUT2D eigenvalue weighted by molar-refractivity contribution is -0.115. The van der Waals surface area contributed by atoms with Gasteiger partial charge in [-0.1, -0.05) is 6.07 Å². The predicted molar refractivity (Wildman–Crippen MR) is 82.8 cm³/mol. The highest BCUT2D eigenvalue weighted by Gasteiger charge is 2.10. The standard InChI is InChI=1S/C13H11Br2N3O/c14-10-2-1-3-11(15)13(10)18-12(19)6-9-5-4-8(16)7-17-9/h1-5,7H,6,16H2,(H,18,19). The lowest BCUT2D eigenvalue weighted by atomic mass is 10.2. The van der Waals surface area contributed by atoms with Crippen molar-refractivity contribution in [3.63, 3.8) is 0 Å². The van der Waals surface area contributed by atoms with E-state index in [4.69, 9.17) is 5.73 Å². The summed E-state index contributed by atoms with van der Waals surface area (Å²) in [6.07, 6.45) is 1.74. The Morgan fingerprint density at radius 3 is 2.47 bits per heavy atom. The van der Waals surface area contributed by atoms with Crippen molar-refractivity contribution in [3.05, 3.63) is 51.2 Å². The second-order valence-corrected chi connectivity index (χ2v) is 5.61. The van der Waals surface area contributed by atoms with Crippen LogP contribution in [0, 0.1) is 0 Å². The van der Waals surface area contributed by atoms with Crippen LogP contribution in [0.5, 0.6) is 0 Å². The summed E-state index contributed by atoms with van der Waals surface area (Å²) in [7, 11) is 0. The van der Waals surface area contributed by atoms with Gasteiger partial charge in [-0.05, 0) is 56.1 Å². The summed E-state index contributed by atoms with van der Waals surface area (Å²) in [5, 5.41) is 2.84. The molecular formula is C13H11Br2N3O. The molecule has 98 valence electrons. The first-order chi connectivity index (χ1) is 9.06. The minimum Gasteiger partial charge on any atom is -0.397 e. The van der Waals surface area contributed by atoms with Crippen molar-refractivity contribution in [2.75, 3.05) is 11.1 Å². The molecule has 1 amide bonds. The van der Waals surface area contributed by atoms with Gasteiger partial charge in [0.05, 0.1) is 24.0 Å². The number of nitrogens with zero attached hydrogens (tertiary/aromatic N) is 1. The Labute approximate surface area is 127 Å². The third-order valence-electron chi connectivity index (χ3n) is 2.42. The molecule has 0 aliphatic rings. The molecule has 4 nitrogen and oxygen atoms in total. The van der Waals surface area contributed by atoms with Crippen molar-refractivity contribution in [1.82, 2.24) is 4.98 Å². The van der Waals surface area contributed by atoms with Crippen molar-refractivity contribution < 1.29 is 4.79 Å². The number of anilines is 2. The number of benzene rings is 1. The highest BCUT2D eigenvalue weighted by Crippen LogP contribution is 2.30. The van der Waals surface area contributed by atoms with Crippen LogP contribution in [0.3, 0.4) is 0 Å². The number of nitrogens with two attached hydrogens (primary N) is 1. The first-order valence-electron chi connectivity index (χ1n) is 5.50. The largest absolute Gasteiger partial charge is 0.397 e. The molecule has 1 aromatic carbocycles. The molecule has 2 aromatic rings. The number of hydrogen-bond donors (Lipinski definition) is 2. The molecule has 0 aliphatic heterocycles. The summed E-state index contributed by atoms with van der Waals surface area (Å²) in [6, 6.07) is 9.07. The Bertz CT molecular complexity index is 579. The van der Waals surface area contributed by atoms with Crippen LogP contribution in [0.4, 0.5) is 11.4 Å². The third-order valence-corrected chi connectivity index (χ3v) is 3.74. The Morgan fingerprint density at radius 1 is 1.21 bits per heavy atom. The van der Waals surface area contributed by atoms with Gasteiger partial charge in [-0.25, -0.2) is 0 Å². The topological polar surface area (TPSA) is 68.0 Å². The fourth-order valence-corrected chi connectivity index (χ4v) is 2.70. The maximum absolute atomic E-state index is 11.9. The smallest absolute Gasteiger partial charge is 0.230 e. The molecule has 3 N–H and O–H groups in total. The van der Waals surface area contributed by atoms with E-state index in [-0.39, 0.29) is 12.3 Å². The van der Waals surface area contributed by atoms with Crippen LogP contribution in [0.15, 0.2) is 45.5 Å². The Hall–Kier alpha value is -1.40. The van der Waals surface area contributed by atoms with E-state index in [1.54, 1.807) is 12.1 Å². The normalized spacial score (nSPS) is 10.2. The summed E-state index contributed by atoms with van der Waals surface area (Å²) >= 11 is 6.79. The molecular weight excluding hydrogens is 374 g/mol. The summed E-state index contributed by atoms with van der Waals surface area (Å²) in [5.41, 5.74) is 7.51. The van der Waals surface area contributed by atoms with E-state index in [1.807, 2.05) is 18.2 Å². The fourth-order valence-electron chi connectivity index (χ4n) is 1.51. The van der Waals surface area contributed by atoms with Crippen LogP contribution >= 0.6 is 31.9 Å². The summed E-state index contributed by atoms with van der Waals surface area (Å²) in [5.74, 6) is -0.134. The molecule has 0 atom stereocenters. The average Bonchev–Trinajstić information content (AvgIpc) is 2.37. The van der Waals surface area contributed by atoms with E-state index in [2.05, 4.69) is 42.2 Å². The highest BCUT2D eigenvalue weighted by molar-refractivity contribution is 9.11. The Kier molecular flexibility index (Phi) is 4.55. The zero-order chi connectivity index (χ0) is 13.8. The van der Waals surface area contributed by atoms with Gasteiger partial charge in [0.1, 0.15) is 0 Å². The van der Waals surface area contributed by atoms with Gasteiger partial charge < -0.3 is 11.1 Å². The Balaban J connectivity index is 2.07. The van der Waals surface area contributed by atoms with Gasteiger partial charge in [0.2, 0.25) is 5.91 Å². The Morgan fingerprint density at radius 2 is 1.89 bits per heavy atom. The molecule has 0 bridgehead atoms. The molecule has 0 radical (unpaired) electrons. The molecule has 1 heterocycles. The summed E-state index contributed by atoms with van der Waals surface area (Å²) in [6.45, 7) is 0. The van der Waals surface area contributed by atoms with Gasteiger partial charge in [0, 0.05) is 14.6 Å². The lowest BCUT2D eigenvalue weighted by Crippen LogP contribution is -2.15. The fraction of sp³-hybridized carbons (Fsp3) is 0.0769. The first-order valence-corrected chi connectivity index (χ1v) is 7.09. The number of carbonyl (C=O) groups excluding carboxylic acids is 1. The van der Waals surface area contributed by atoms with Gasteiger partial charge in [0.15, 0.2) is 0 Å². The van der Waals surface area contributed by atoms with Gasteiger partial charge in [0.25, 0.3) is 0 Å². The minimum atomic E-state index is -0.134. The van der Waals surface area contributed by atoms with E-state index in [0.29, 0.717) is 17.1 Å². The van der Waals surface area contributed by atoms with Crippen molar-refractivity contribution >= 4 is 49.1 Å². The number of rotatable bonds is 3. The molecule has 0 fully saturated rings. The molecule has 2 rings (SSSR count). The molecule has 0 spiro atoms. The molecule has 19 heavy (non-hydrogen) atoms. The maximum Gasteiger partial charge on any atom is 0.230 e. The number of nitrogen functional groups attached to an aromatic ring is 1. The number of pyridine rings is 1. The highest BCUT2D eigenvalue weighted by atomic mass is 79.9. The van der Waals surface area contributed by atoms with Gasteiger partial charge in [-0.15, -0.1) is 0 Å². The number of nitrogens with one attached hydrogen (secondary N) is 1. The lowest BCUT2D eigenvalue weighted by Gasteiger charge is -2.09. The van der Waals surface area contributed by atoms with Crippen LogP contribution in [0.25, 0.3) is 0 Å². The minimum absolute atomic E-state index is 0.134. The SMILES string of the molecule is Nc1ccc(CC(=O)Nc2c(Br)cccc2Br)nc1. The van der Waals surface area contributed by atoms with Gasteiger partial charge in [-0.3, -0.25) is 9.78 Å². The van der Waals surface area contributed by atoms with E-state index in [0.717, 1.165) is 8.95 Å². The molecule has 1 aromatic heterocycles. The number of carbonyl (C=O) groups is 1. The number of hydrogen-bond acceptors (Lipinski definition) is 3. The zero-order valence-electron chi connectivity index (χ0n) is 9.86. The number of para-hydroxylation sites is 1. The average molecular weight is 385 g/mol. The van der Waals surface area contributed by atoms with E-state index in [9.17, 15) is 4.79 Å². The second kappa shape index (κ2) is 6.16. The van der Waals surface area contributed by atoms with Crippen molar-refractivity contribution in [1.29, 1.82) is 0 Å². The van der Waals surface area contributed by atoms with E-state index < -0.39 is 0 Å². The van der Waals surface area contributed by atoms with Gasteiger partial charge in [-0.2, -0.15) is 0 Å². The van der Waals surface area contributed by atoms with Gasteiger partial charge >= 0.3 is 0 Å². The maximum atomic E-state index is 11.9. The monoisotopic (exact) mass is 383 g/mol. The molecule has 0 saturated heterocycles. The summed E-state index contributed by atoms with van der Waals surface area (Å²) < 4.78 is 1.64. The van der Waals surface area contributed by atoms with Crippen molar-refractivity contribution in [2.24, 2.45) is 0 Å². The van der Waals surface area contributed by atoms with Crippen LogP contribution in [0.1, 0.15) is 5.69 Å². The number of aromatic nitrogens is 1. The van der Waals surface area contributed by atoms with Crippen molar-refractivity contribution in [2.45, 2.75) is 6.42 Å². The van der Waals surface area contributed by atoms with E-state index >= 15 is 0 Å². The number of amides is 1. The molecule has 0 saturated carbocycles. The van der Waals surface area contributed by atoms with Crippen molar-refractivity contribution in [3.8, 4) is 0 Å². The quantitative estimate of drug-likeness (QED) is 0.852. The zero-order valence-corrected chi connectivity index (χ0v) is 13.0. The molecule has 0 unspecified atom stereocenters. The molecule has 6 heteroatoms. The third kappa shape index (κ3) is 3.78. The number of halogens is 2. The van der Waals surface area contributed by atoms with Crippen LogP contribution in [-0.4, -0.2) is 10.9 Å². The van der Waals surface area contributed by atoms with Crippen LogP contribution in [-0.2, 0) is 11.2 Å². The van der Waals surface area contributed by atoms with Crippen LogP contribution in [0.2, 0.25) is 0 Å². The van der Waals surface area contributed by atoms with Crippen LogP contribution < -0.4 is 11.1 Å². The van der Waals surface area contributed by atoms with E-state index in [1.165, 1.54) is 6.20 Å². The first kappa shape index (κ1) is 14.0. The predicted octanol–water partition coefficient (Wildman–Crippen LogP) is 3.37. The second-order valence-electron chi connectivity index (χ2n) is 3.90.